The molecule has 45 heavy (non-hydrogen) atoms. The number of alkyl halides is 3. The van der Waals surface area contributed by atoms with E-state index < -0.39 is 17.9 Å². The zero-order valence-electron chi connectivity index (χ0n) is 24.2. The number of carbonyl (C=O) groups excluding carboxylic acids is 1. The molecule has 1 aromatic carbocycles. The van der Waals surface area contributed by atoms with E-state index in [0.29, 0.717) is 53.5 Å². The second-order valence-corrected chi connectivity index (χ2v) is 11.2. The lowest BCUT2D eigenvalue weighted by Gasteiger charge is -2.23. The minimum atomic E-state index is -4.68. The highest BCUT2D eigenvalue weighted by Crippen LogP contribution is 2.34. The first-order chi connectivity index (χ1) is 21.5. The fourth-order valence-corrected chi connectivity index (χ4v) is 5.63. The first kappa shape index (κ1) is 30.2. The van der Waals surface area contributed by atoms with E-state index in [-0.39, 0.29) is 28.8 Å². The highest BCUT2D eigenvalue weighted by Gasteiger charge is 2.35. The maximum atomic E-state index is 13.7. The van der Waals surface area contributed by atoms with Crippen LogP contribution in [0.15, 0.2) is 66.1 Å². The number of nitrogens with zero attached hydrogens (tertiary/aromatic N) is 8. The Balaban J connectivity index is 1.42. The fraction of sp³-hybridized carbons (Fsp3) is 0.300. The van der Waals surface area contributed by atoms with E-state index in [1.165, 1.54) is 35.2 Å². The predicted octanol–water partition coefficient (Wildman–Crippen LogP) is 5.79. The Hall–Kier alpha value is -4.85. The molecule has 0 unspecified atom stereocenters. The lowest BCUT2D eigenvalue weighted by Crippen LogP contribution is -2.26. The minimum Gasteiger partial charge on any atom is -0.323 e. The molecule has 5 heterocycles. The van der Waals surface area contributed by atoms with Crippen LogP contribution in [0.25, 0.3) is 28.3 Å². The number of anilines is 1. The molecule has 1 amide bonds. The van der Waals surface area contributed by atoms with Crippen molar-refractivity contribution < 1.29 is 18.0 Å². The van der Waals surface area contributed by atoms with Crippen LogP contribution in [0.4, 0.5) is 18.9 Å². The van der Waals surface area contributed by atoms with Gasteiger partial charge in [-0.25, -0.2) is 9.67 Å². The van der Waals surface area contributed by atoms with Gasteiger partial charge in [-0.15, -0.1) is 5.10 Å². The van der Waals surface area contributed by atoms with Crippen molar-refractivity contribution in [3.63, 3.8) is 0 Å². The number of hydrogen-bond acceptors (Lipinski definition) is 7. The minimum absolute atomic E-state index is 0.129. The van der Waals surface area contributed by atoms with Crippen molar-refractivity contribution in [1.82, 2.24) is 39.3 Å². The van der Waals surface area contributed by atoms with Gasteiger partial charge in [0.1, 0.15) is 5.69 Å². The lowest BCUT2D eigenvalue weighted by atomic mass is 9.95. The summed E-state index contributed by atoms with van der Waals surface area (Å²) in [5, 5.41) is 14.6. The Morgan fingerprint density at radius 1 is 1.07 bits per heavy atom. The molecule has 0 fully saturated rings. The number of benzene rings is 1. The molecule has 1 aliphatic rings. The van der Waals surface area contributed by atoms with Crippen LogP contribution >= 0.6 is 11.6 Å². The molecule has 0 radical (unpaired) electrons. The van der Waals surface area contributed by atoms with Crippen LogP contribution in [0.1, 0.15) is 50.4 Å². The Morgan fingerprint density at radius 3 is 2.62 bits per heavy atom. The third kappa shape index (κ3) is 5.97. The molecule has 2 atom stereocenters. The van der Waals surface area contributed by atoms with Crippen molar-refractivity contribution in [2.45, 2.75) is 51.9 Å². The van der Waals surface area contributed by atoms with Gasteiger partial charge in [0.05, 0.1) is 47.5 Å². The molecule has 2 bridgehead atoms. The topological polar surface area (TPSA) is 125 Å². The molecule has 4 aromatic heterocycles. The summed E-state index contributed by atoms with van der Waals surface area (Å²) >= 11 is 6.24. The van der Waals surface area contributed by atoms with Crippen molar-refractivity contribution >= 4 is 23.2 Å². The summed E-state index contributed by atoms with van der Waals surface area (Å²) in [4.78, 5) is 35.8. The molecule has 1 N–H and O–H groups in total. The Morgan fingerprint density at radius 2 is 1.89 bits per heavy atom. The molecule has 0 spiro atoms. The Kier molecular flexibility index (Phi) is 7.99. The van der Waals surface area contributed by atoms with Gasteiger partial charge in [0, 0.05) is 35.3 Å². The fourth-order valence-electron chi connectivity index (χ4n) is 5.46. The first-order valence-electron chi connectivity index (χ1n) is 14.2. The van der Waals surface area contributed by atoms with Crippen LogP contribution in [0.3, 0.4) is 0 Å². The third-order valence-corrected chi connectivity index (χ3v) is 8.04. The maximum absolute atomic E-state index is 13.7. The standard InChI is InChI=1S/C30H27ClF3N9O2/c1-3-42-28-22-11-18(9-10-35-22)24(6-4-5-17(2)29(45)38-23(28)14-37-42)41-16-36-21(13-27(41)44)20-12-19(31)7-8-25(20)43-15-26(39-40-43)30(32,33)34/h7-17,24H,3-6H2,1-2H3,(H,38,45)/t17-,24+/m1/s1. The van der Waals surface area contributed by atoms with Gasteiger partial charge in [-0.1, -0.05) is 30.2 Å². The summed E-state index contributed by atoms with van der Waals surface area (Å²) < 4.78 is 43.9. The van der Waals surface area contributed by atoms with Gasteiger partial charge in [0.2, 0.25) is 5.91 Å². The van der Waals surface area contributed by atoms with Gasteiger partial charge in [0.25, 0.3) is 5.56 Å². The van der Waals surface area contributed by atoms with Gasteiger partial charge in [-0.3, -0.25) is 23.8 Å². The number of nitrogens with one attached hydrogen (secondary N) is 1. The number of aromatic nitrogens is 8. The molecule has 0 saturated heterocycles. The second kappa shape index (κ2) is 11.9. The first-order valence-corrected chi connectivity index (χ1v) is 14.6. The summed E-state index contributed by atoms with van der Waals surface area (Å²) in [6.45, 7) is 4.35. The quantitative estimate of drug-likeness (QED) is 0.264. The van der Waals surface area contributed by atoms with Crippen LogP contribution in [-0.4, -0.2) is 45.2 Å². The third-order valence-electron chi connectivity index (χ3n) is 7.81. The number of carbonyl (C=O) groups is 1. The zero-order chi connectivity index (χ0) is 31.9. The van der Waals surface area contributed by atoms with Gasteiger partial charge < -0.3 is 5.32 Å². The molecule has 15 heteroatoms. The number of fused-ring (bicyclic) bond motifs is 4. The van der Waals surface area contributed by atoms with E-state index >= 15 is 0 Å². The summed E-state index contributed by atoms with van der Waals surface area (Å²) in [7, 11) is 0. The van der Waals surface area contributed by atoms with Gasteiger partial charge >= 0.3 is 6.18 Å². The maximum Gasteiger partial charge on any atom is 0.436 e. The highest BCUT2D eigenvalue weighted by atomic mass is 35.5. The Bertz CT molecular complexity index is 1950. The van der Waals surface area contributed by atoms with E-state index in [2.05, 4.69) is 30.7 Å². The largest absolute Gasteiger partial charge is 0.436 e. The summed E-state index contributed by atoms with van der Waals surface area (Å²) in [5.74, 6) is -0.419. The van der Waals surface area contributed by atoms with Crippen LogP contribution in [0, 0.1) is 5.92 Å². The smallest absolute Gasteiger partial charge is 0.323 e. The number of pyridine rings is 1. The number of aryl methyl sites for hydroxylation is 1. The lowest BCUT2D eigenvalue weighted by molar-refractivity contribution is -0.141. The van der Waals surface area contributed by atoms with Crippen molar-refractivity contribution in [3.8, 4) is 28.3 Å². The normalized spacial score (nSPS) is 17.2. The summed E-state index contributed by atoms with van der Waals surface area (Å²) in [5.41, 5.74) is 1.80. The van der Waals surface area contributed by atoms with E-state index in [0.717, 1.165) is 16.4 Å². The Labute approximate surface area is 259 Å². The SMILES string of the molecule is CCn1ncc2c1-c1cc(ccn1)[C@@H](n1cnc(-c3cc(Cl)ccc3-n3cc(C(F)(F)F)nn3)cc1=O)CCC[C@@H](C)C(=O)N2. The second-order valence-electron chi connectivity index (χ2n) is 10.8. The molecule has 11 nitrogen and oxygen atoms in total. The molecule has 0 saturated carbocycles. The van der Waals surface area contributed by atoms with Crippen LogP contribution < -0.4 is 10.9 Å². The van der Waals surface area contributed by atoms with Crippen molar-refractivity contribution in [3.05, 3.63) is 87.9 Å². The molecular formula is C30H27ClF3N9O2. The highest BCUT2D eigenvalue weighted by molar-refractivity contribution is 6.31. The molecule has 5 aromatic rings. The number of hydrogen-bond donors (Lipinski definition) is 1. The molecule has 1 aliphatic heterocycles. The van der Waals surface area contributed by atoms with Crippen molar-refractivity contribution in [2.75, 3.05) is 5.32 Å². The van der Waals surface area contributed by atoms with Gasteiger partial charge in [-0.05, 0) is 55.7 Å². The average Bonchev–Trinajstić information content (AvgIpc) is 3.67. The van der Waals surface area contributed by atoms with Crippen molar-refractivity contribution in [1.29, 1.82) is 0 Å². The van der Waals surface area contributed by atoms with Crippen LogP contribution in [0.2, 0.25) is 5.02 Å². The number of rotatable bonds is 4. The average molecular weight is 638 g/mol. The number of halogens is 4. The molecule has 6 rings (SSSR count). The predicted molar refractivity (Wildman–Crippen MR) is 160 cm³/mol. The van der Waals surface area contributed by atoms with Crippen molar-refractivity contribution in [2.24, 2.45) is 5.92 Å². The summed E-state index contributed by atoms with van der Waals surface area (Å²) in [6, 6.07) is 9.08. The van der Waals surface area contributed by atoms with E-state index in [1.54, 1.807) is 17.1 Å². The van der Waals surface area contributed by atoms with Crippen LogP contribution in [0.5, 0.6) is 0 Å². The monoisotopic (exact) mass is 637 g/mol. The van der Waals surface area contributed by atoms with Crippen LogP contribution in [-0.2, 0) is 17.5 Å². The van der Waals surface area contributed by atoms with E-state index in [9.17, 15) is 22.8 Å². The van der Waals surface area contributed by atoms with Gasteiger partial charge in [0.15, 0.2) is 5.69 Å². The summed E-state index contributed by atoms with van der Waals surface area (Å²) in [6.07, 6.45) is 2.52. The molecule has 232 valence electrons. The molecular weight excluding hydrogens is 611 g/mol. The molecule has 0 aliphatic carbocycles. The van der Waals surface area contributed by atoms with Gasteiger partial charge in [-0.2, -0.15) is 18.3 Å². The van der Waals surface area contributed by atoms with E-state index in [1.807, 2.05) is 26.0 Å². The van der Waals surface area contributed by atoms with E-state index in [4.69, 9.17) is 11.6 Å². The number of amides is 1. The zero-order valence-corrected chi connectivity index (χ0v) is 24.9.